The van der Waals surface area contributed by atoms with E-state index in [1.165, 1.54) is 7.05 Å². The van der Waals surface area contributed by atoms with Gasteiger partial charge in [-0.3, -0.25) is 4.79 Å². The molecule has 1 aliphatic rings. The molecule has 0 spiro atoms. The van der Waals surface area contributed by atoms with E-state index in [1.807, 2.05) is 0 Å². The molecule has 9 heteroatoms. The van der Waals surface area contributed by atoms with Gasteiger partial charge in [0.25, 0.3) is 0 Å². The molecule has 0 saturated heterocycles. The number of nitrogens with zero attached hydrogens (tertiary/aromatic N) is 1. The number of carbonyl (C=O) groups excluding carboxylic acids is 1. The van der Waals surface area contributed by atoms with E-state index in [1.54, 1.807) is 0 Å². The van der Waals surface area contributed by atoms with E-state index in [4.69, 9.17) is 5.11 Å². The fourth-order valence-corrected chi connectivity index (χ4v) is 2.74. The molecule has 20 heavy (non-hydrogen) atoms. The molecule has 1 aromatic heterocycles. The molecule has 8 nitrogen and oxygen atoms in total. The maximum Gasteiger partial charge on any atom is 0.352 e. The number of carboxylic acid groups (broad SMARTS) is 1. The zero-order valence-corrected chi connectivity index (χ0v) is 11.6. The number of aromatic carboxylic acids is 1. The number of carboxylic acids is 1. The van der Waals surface area contributed by atoms with E-state index in [9.17, 15) is 18.0 Å². The molecular weight excluding hydrogens is 286 g/mol. The fraction of sp³-hybridized carbons (Fsp3) is 0.455. The van der Waals surface area contributed by atoms with Gasteiger partial charge in [-0.2, -0.15) is 4.31 Å². The Morgan fingerprint density at radius 1 is 1.50 bits per heavy atom. The normalized spacial score (nSPS) is 15.3. The second-order valence-corrected chi connectivity index (χ2v) is 6.70. The van der Waals surface area contributed by atoms with Crippen LogP contribution in [0.5, 0.6) is 0 Å². The van der Waals surface area contributed by atoms with Crippen molar-refractivity contribution < 1.29 is 23.1 Å². The summed E-state index contributed by atoms with van der Waals surface area (Å²) in [5.74, 6) is -1.62. The number of aromatic nitrogens is 1. The summed E-state index contributed by atoms with van der Waals surface area (Å²) in [6.45, 7) is -0.299. The number of aromatic amines is 1. The standard InChI is InChI=1S/C11H15N3O5S/c1-14(6-10(15)13-7-2-3-7)20(18,19)8-4-9(11(16)17)12-5-8/h4-5,7,12H,2-3,6H2,1H3,(H,13,15)(H,16,17). The van der Waals surface area contributed by atoms with Crippen LogP contribution in [-0.4, -0.2) is 54.3 Å². The van der Waals surface area contributed by atoms with Gasteiger partial charge >= 0.3 is 5.97 Å². The Kier molecular flexibility index (Phi) is 3.82. The molecule has 110 valence electrons. The first-order valence-corrected chi connectivity index (χ1v) is 7.42. The number of carbonyl (C=O) groups is 2. The number of sulfonamides is 1. The summed E-state index contributed by atoms with van der Waals surface area (Å²) in [7, 11) is -2.61. The third kappa shape index (κ3) is 3.17. The van der Waals surface area contributed by atoms with Gasteiger partial charge in [0.1, 0.15) is 10.6 Å². The first kappa shape index (κ1) is 14.5. The topological polar surface area (TPSA) is 120 Å². The van der Waals surface area contributed by atoms with Crippen LogP contribution >= 0.6 is 0 Å². The predicted molar refractivity (Wildman–Crippen MR) is 68.7 cm³/mol. The van der Waals surface area contributed by atoms with Crippen LogP contribution in [0.25, 0.3) is 0 Å². The maximum atomic E-state index is 12.1. The largest absolute Gasteiger partial charge is 0.477 e. The lowest BCUT2D eigenvalue weighted by molar-refractivity contribution is -0.121. The number of amides is 1. The molecule has 1 saturated carbocycles. The first-order chi connectivity index (χ1) is 9.30. The molecule has 0 unspecified atom stereocenters. The molecule has 1 aromatic rings. The van der Waals surface area contributed by atoms with Crippen LogP contribution in [-0.2, 0) is 14.8 Å². The molecule has 1 aliphatic carbocycles. The minimum Gasteiger partial charge on any atom is -0.477 e. The Hall–Kier alpha value is -1.87. The van der Waals surface area contributed by atoms with Gasteiger partial charge in [0.15, 0.2) is 0 Å². The zero-order chi connectivity index (χ0) is 14.9. The highest BCUT2D eigenvalue weighted by Crippen LogP contribution is 2.19. The van der Waals surface area contributed by atoms with E-state index < -0.39 is 16.0 Å². The van der Waals surface area contributed by atoms with Crippen molar-refractivity contribution in [2.75, 3.05) is 13.6 Å². The molecule has 0 bridgehead atoms. The molecule has 1 fully saturated rings. The summed E-state index contributed by atoms with van der Waals surface area (Å²) in [6.07, 6.45) is 2.93. The van der Waals surface area contributed by atoms with Crippen LogP contribution in [0.15, 0.2) is 17.2 Å². The highest BCUT2D eigenvalue weighted by molar-refractivity contribution is 7.89. The van der Waals surface area contributed by atoms with E-state index in [2.05, 4.69) is 10.3 Å². The summed E-state index contributed by atoms with van der Waals surface area (Å²) < 4.78 is 25.2. The van der Waals surface area contributed by atoms with Crippen LogP contribution < -0.4 is 5.32 Å². The SMILES string of the molecule is CN(CC(=O)NC1CC1)S(=O)(=O)c1c[nH]c(C(=O)O)c1. The van der Waals surface area contributed by atoms with Gasteiger partial charge in [-0.25, -0.2) is 13.2 Å². The fourth-order valence-electron chi connectivity index (χ4n) is 1.62. The molecule has 0 atom stereocenters. The number of hydrogen-bond donors (Lipinski definition) is 3. The smallest absolute Gasteiger partial charge is 0.352 e. The number of rotatable bonds is 6. The van der Waals surface area contributed by atoms with Crippen molar-refractivity contribution in [3.8, 4) is 0 Å². The number of likely N-dealkylation sites (N-methyl/N-ethyl adjacent to an activating group) is 1. The highest BCUT2D eigenvalue weighted by Gasteiger charge is 2.28. The Morgan fingerprint density at radius 3 is 2.65 bits per heavy atom. The van der Waals surface area contributed by atoms with Gasteiger partial charge in [-0.15, -0.1) is 0 Å². The first-order valence-electron chi connectivity index (χ1n) is 5.98. The van der Waals surface area contributed by atoms with E-state index in [0.29, 0.717) is 0 Å². The van der Waals surface area contributed by atoms with E-state index >= 15 is 0 Å². The monoisotopic (exact) mass is 301 g/mol. The van der Waals surface area contributed by atoms with Crippen LogP contribution in [0, 0.1) is 0 Å². The van der Waals surface area contributed by atoms with Crippen molar-refractivity contribution in [3.05, 3.63) is 18.0 Å². The Bertz CT molecular complexity index is 632. The van der Waals surface area contributed by atoms with Crippen molar-refractivity contribution in [1.29, 1.82) is 0 Å². The van der Waals surface area contributed by atoms with Gasteiger partial charge in [-0.1, -0.05) is 0 Å². The number of H-pyrrole nitrogens is 1. The molecule has 0 aliphatic heterocycles. The van der Waals surface area contributed by atoms with E-state index in [0.717, 1.165) is 29.4 Å². The molecule has 3 N–H and O–H groups in total. The van der Waals surface area contributed by atoms with Crippen LogP contribution in [0.3, 0.4) is 0 Å². The lowest BCUT2D eigenvalue weighted by Gasteiger charge is -2.15. The third-order valence-corrected chi connectivity index (χ3v) is 4.68. The molecule has 1 heterocycles. The van der Waals surface area contributed by atoms with Gasteiger partial charge in [0.05, 0.1) is 6.54 Å². The Labute approximate surface area is 115 Å². The molecule has 0 aromatic carbocycles. The Balaban J connectivity index is 2.07. The third-order valence-electron chi connectivity index (χ3n) is 2.90. The lowest BCUT2D eigenvalue weighted by Crippen LogP contribution is -2.39. The quantitative estimate of drug-likeness (QED) is 0.661. The van der Waals surface area contributed by atoms with Crippen LogP contribution in [0.4, 0.5) is 0 Å². The second-order valence-electron chi connectivity index (χ2n) is 4.66. The molecule has 2 rings (SSSR count). The van der Waals surface area contributed by atoms with Crippen molar-refractivity contribution in [2.45, 2.75) is 23.8 Å². The summed E-state index contributed by atoms with van der Waals surface area (Å²) in [4.78, 5) is 24.5. The average Bonchev–Trinajstić information content (AvgIpc) is 3.00. The predicted octanol–water partition coefficient (Wildman–Crippen LogP) is -0.388. The average molecular weight is 301 g/mol. The van der Waals surface area contributed by atoms with Crippen LogP contribution in [0.2, 0.25) is 0 Å². The minimum atomic E-state index is -3.88. The van der Waals surface area contributed by atoms with Crippen molar-refractivity contribution >= 4 is 21.9 Å². The highest BCUT2D eigenvalue weighted by atomic mass is 32.2. The summed E-state index contributed by atoms with van der Waals surface area (Å²) in [5, 5.41) is 11.4. The zero-order valence-electron chi connectivity index (χ0n) is 10.8. The summed E-state index contributed by atoms with van der Waals surface area (Å²) >= 11 is 0. The van der Waals surface area contributed by atoms with Gasteiger partial charge in [0.2, 0.25) is 15.9 Å². The van der Waals surface area contributed by atoms with Gasteiger partial charge in [0, 0.05) is 19.3 Å². The molecule has 0 radical (unpaired) electrons. The van der Waals surface area contributed by atoms with Crippen LogP contribution in [0.1, 0.15) is 23.3 Å². The maximum absolute atomic E-state index is 12.1. The van der Waals surface area contributed by atoms with E-state index in [-0.39, 0.29) is 29.1 Å². The number of hydrogen-bond acceptors (Lipinski definition) is 4. The lowest BCUT2D eigenvalue weighted by atomic mass is 10.4. The second kappa shape index (κ2) is 5.25. The summed E-state index contributed by atoms with van der Waals surface area (Å²) in [6, 6.07) is 1.18. The molecule has 1 amide bonds. The Morgan fingerprint density at radius 2 is 2.15 bits per heavy atom. The van der Waals surface area contributed by atoms with Crippen molar-refractivity contribution in [2.24, 2.45) is 0 Å². The van der Waals surface area contributed by atoms with Crippen molar-refractivity contribution in [1.82, 2.24) is 14.6 Å². The van der Waals surface area contributed by atoms with Crippen molar-refractivity contribution in [3.63, 3.8) is 0 Å². The minimum absolute atomic E-state index is 0.157. The number of nitrogens with one attached hydrogen (secondary N) is 2. The molecular formula is C11H15N3O5S. The van der Waals surface area contributed by atoms with Gasteiger partial charge < -0.3 is 15.4 Å². The summed E-state index contributed by atoms with van der Waals surface area (Å²) in [5.41, 5.74) is -0.223. The van der Waals surface area contributed by atoms with Gasteiger partial charge in [-0.05, 0) is 18.9 Å².